The summed E-state index contributed by atoms with van der Waals surface area (Å²) in [4.78, 5) is 24.1. The Bertz CT molecular complexity index is 283. The molecule has 98 valence electrons. The van der Waals surface area contributed by atoms with Crippen LogP contribution < -0.4 is 5.32 Å². The van der Waals surface area contributed by atoms with Gasteiger partial charge in [-0.1, -0.05) is 13.3 Å². The van der Waals surface area contributed by atoms with Crippen LogP contribution in [0.15, 0.2) is 0 Å². The van der Waals surface area contributed by atoms with Crippen molar-refractivity contribution in [2.24, 2.45) is 0 Å². The number of amides is 2. The fourth-order valence-corrected chi connectivity index (χ4v) is 1.93. The number of likely N-dealkylation sites (tertiary alicyclic amines) is 1. The molecule has 0 saturated carbocycles. The molecule has 1 rings (SSSR count). The molecule has 0 radical (unpaired) electrons. The van der Waals surface area contributed by atoms with Gasteiger partial charge in [0.05, 0.1) is 6.10 Å². The second-order valence-corrected chi connectivity index (χ2v) is 4.37. The van der Waals surface area contributed by atoms with Crippen molar-refractivity contribution in [1.29, 1.82) is 0 Å². The Balaban J connectivity index is 2.48. The van der Waals surface area contributed by atoms with Crippen LogP contribution in [0.25, 0.3) is 0 Å². The molecule has 0 aliphatic carbocycles. The van der Waals surface area contributed by atoms with Crippen LogP contribution in [0.1, 0.15) is 32.6 Å². The summed E-state index contributed by atoms with van der Waals surface area (Å²) in [6.45, 7) is 2.72. The van der Waals surface area contributed by atoms with E-state index in [1.54, 1.807) is 0 Å². The number of carbonyl (C=O) groups excluding carboxylic acids is 1. The van der Waals surface area contributed by atoms with Crippen molar-refractivity contribution in [1.82, 2.24) is 10.2 Å². The van der Waals surface area contributed by atoms with Gasteiger partial charge in [-0.25, -0.2) is 9.59 Å². The molecule has 1 aliphatic heterocycles. The van der Waals surface area contributed by atoms with Crippen LogP contribution in [0.2, 0.25) is 0 Å². The number of piperidine rings is 1. The minimum absolute atomic E-state index is 0.282. The summed E-state index contributed by atoms with van der Waals surface area (Å²) in [6.07, 6.45) is 2.06. The number of carbonyl (C=O) groups is 2. The first-order chi connectivity index (χ1) is 8.04. The van der Waals surface area contributed by atoms with Gasteiger partial charge in [-0.05, 0) is 19.3 Å². The van der Waals surface area contributed by atoms with E-state index < -0.39 is 24.1 Å². The number of carboxylic acid groups (broad SMARTS) is 1. The lowest BCUT2D eigenvalue weighted by Crippen LogP contribution is -2.51. The van der Waals surface area contributed by atoms with Gasteiger partial charge in [0.15, 0.2) is 0 Å². The van der Waals surface area contributed by atoms with Gasteiger partial charge in [0.2, 0.25) is 0 Å². The Morgan fingerprint density at radius 2 is 2.24 bits per heavy atom. The maximum absolute atomic E-state index is 11.8. The summed E-state index contributed by atoms with van der Waals surface area (Å²) in [7, 11) is 0. The summed E-state index contributed by atoms with van der Waals surface area (Å²) in [5, 5.41) is 20.8. The fourth-order valence-electron chi connectivity index (χ4n) is 1.93. The van der Waals surface area contributed by atoms with E-state index in [4.69, 9.17) is 5.11 Å². The van der Waals surface area contributed by atoms with Crippen LogP contribution in [-0.2, 0) is 4.79 Å². The van der Waals surface area contributed by atoms with E-state index in [1.165, 1.54) is 4.90 Å². The number of urea groups is 1. The Labute approximate surface area is 101 Å². The number of nitrogens with zero attached hydrogens (tertiary/aromatic N) is 1. The first-order valence-corrected chi connectivity index (χ1v) is 6.01. The number of hydrogen-bond acceptors (Lipinski definition) is 3. The quantitative estimate of drug-likeness (QED) is 0.668. The smallest absolute Gasteiger partial charge is 0.326 e. The van der Waals surface area contributed by atoms with Crippen LogP contribution in [0.4, 0.5) is 4.79 Å². The Morgan fingerprint density at radius 3 is 2.76 bits per heavy atom. The van der Waals surface area contributed by atoms with Crippen molar-refractivity contribution in [2.45, 2.75) is 44.8 Å². The highest BCUT2D eigenvalue weighted by Crippen LogP contribution is 2.10. The van der Waals surface area contributed by atoms with Crippen molar-refractivity contribution < 1.29 is 19.8 Å². The average Bonchev–Trinajstić information content (AvgIpc) is 2.28. The molecule has 2 amide bonds. The standard InChI is InChI=1S/C11H20N2O4/c1-2-4-9(10(15)16)12-11(17)13-6-3-5-8(14)7-13/h8-9,14H,2-7H2,1H3,(H,12,17)(H,15,16). The number of aliphatic carboxylic acids is 1. The summed E-state index contributed by atoms with van der Waals surface area (Å²) in [6, 6.07) is -1.24. The molecule has 1 aliphatic rings. The van der Waals surface area contributed by atoms with Crippen LogP contribution in [0.3, 0.4) is 0 Å². The lowest BCUT2D eigenvalue weighted by Gasteiger charge is -2.31. The van der Waals surface area contributed by atoms with Crippen LogP contribution >= 0.6 is 0 Å². The molecule has 0 spiro atoms. The Kier molecular flexibility index (Phi) is 5.21. The number of rotatable bonds is 4. The van der Waals surface area contributed by atoms with Gasteiger partial charge in [0, 0.05) is 13.1 Å². The highest BCUT2D eigenvalue weighted by molar-refractivity contribution is 5.82. The molecule has 6 heteroatoms. The molecule has 3 N–H and O–H groups in total. The minimum atomic E-state index is -1.02. The molecular weight excluding hydrogens is 224 g/mol. The minimum Gasteiger partial charge on any atom is -0.480 e. The van der Waals surface area contributed by atoms with E-state index in [0.29, 0.717) is 25.8 Å². The van der Waals surface area contributed by atoms with Crippen LogP contribution in [0.5, 0.6) is 0 Å². The normalized spacial score (nSPS) is 22.0. The molecule has 0 bridgehead atoms. The first kappa shape index (κ1) is 13.8. The van der Waals surface area contributed by atoms with E-state index in [0.717, 1.165) is 6.42 Å². The molecule has 17 heavy (non-hydrogen) atoms. The lowest BCUT2D eigenvalue weighted by atomic mass is 10.1. The SMILES string of the molecule is CCCC(NC(=O)N1CCCC(O)C1)C(=O)O. The maximum atomic E-state index is 11.8. The summed E-state index contributed by atoms with van der Waals surface area (Å²) in [5.74, 6) is -1.02. The summed E-state index contributed by atoms with van der Waals surface area (Å²) in [5.41, 5.74) is 0. The van der Waals surface area contributed by atoms with Gasteiger partial charge >= 0.3 is 12.0 Å². The third-order valence-electron chi connectivity index (χ3n) is 2.86. The third kappa shape index (κ3) is 4.22. The zero-order valence-electron chi connectivity index (χ0n) is 10.1. The van der Waals surface area contributed by atoms with Crippen molar-refractivity contribution in [2.75, 3.05) is 13.1 Å². The van der Waals surface area contributed by atoms with E-state index in [2.05, 4.69) is 5.32 Å². The molecule has 2 atom stereocenters. The van der Waals surface area contributed by atoms with Gasteiger partial charge in [0.1, 0.15) is 6.04 Å². The van der Waals surface area contributed by atoms with Gasteiger partial charge in [-0.3, -0.25) is 0 Å². The van der Waals surface area contributed by atoms with Gasteiger partial charge in [-0.15, -0.1) is 0 Å². The van der Waals surface area contributed by atoms with Gasteiger partial charge in [0.25, 0.3) is 0 Å². The molecule has 6 nitrogen and oxygen atoms in total. The monoisotopic (exact) mass is 244 g/mol. The maximum Gasteiger partial charge on any atom is 0.326 e. The average molecular weight is 244 g/mol. The predicted molar refractivity (Wildman–Crippen MR) is 61.7 cm³/mol. The second-order valence-electron chi connectivity index (χ2n) is 4.37. The number of carboxylic acids is 1. The van der Waals surface area contributed by atoms with E-state index in [9.17, 15) is 14.7 Å². The van der Waals surface area contributed by atoms with Crippen molar-refractivity contribution in [3.63, 3.8) is 0 Å². The van der Waals surface area contributed by atoms with Crippen molar-refractivity contribution in [3.05, 3.63) is 0 Å². The summed E-state index contributed by atoms with van der Waals surface area (Å²) < 4.78 is 0. The first-order valence-electron chi connectivity index (χ1n) is 6.01. The zero-order valence-corrected chi connectivity index (χ0v) is 10.1. The molecule has 1 fully saturated rings. The molecule has 1 heterocycles. The summed E-state index contributed by atoms with van der Waals surface area (Å²) >= 11 is 0. The zero-order chi connectivity index (χ0) is 12.8. The number of aliphatic hydroxyl groups excluding tert-OH is 1. The number of aliphatic hydroxyl groups is 1. The molecule has 1 saturated heterocycles. The largest absolute Gasteiger partial charge is 0.480 e. The molecular formula is C11H20N2O4. The van der Waals surface area contributed by atoms with Gasteiger partial charge < -0.3 is 20.4 Å². The third-order valence-corrected chi connectivity index (χ3v) is 2.86. The number of nitrogens with one attached hydrogen (secondary N) is 1. The van der Waals surface area contributed by atoms with Crippen LogP contribution in [-0.4, -0.2) is 52.3 Å². The Morgan fingerprint density at radius 1 is 1.53 bits per heavy atom. The fraction of sp³-hybridized carbons (Fsp3) is 0.818. The lowest BCUT2D eigenvalue weighted by molar-refractivity contribution is -0.139. The number of hydrogen-bond donors (Lipinski definition) is 3. The van der Waals surface area contributed by atoms with Crippen molar-refractivity contribution in [3.8, 4) is 0 Å². The topological polar surface area (TPSA) is 89.9 Å². The van der Waals surface area contributed by atoms with Crippen LogP contribution in [0, 0.1) is 0 Å². The predicted octanol–water partition coefficient (Wildman–Crippen LogP) is 0.406. The highest BCUT2D eigenvalue weighted by atomic mass is 16.4. The van der Waals surface area contributed by atoms with Crippen molar-refractivity contribution >= 4 is 12.0 Å². The molecule has 0 aromatic heterocycles. The highest BCUT2D eigenvalue weighted by Gasteiger charge is 2.25. The molecule has 2 unspecified atom stereocenters. The van der Waals surface area contributed by atoms with Gasteiger partial charge in [-0.2, -0.15) is 0 Å². The number of β-amino-alcohol motifs (C(OH)–C–C–N with tert-alkyl or cyclic N) is 1. The Hall–Kier alpha value is -1.30. The second kappa shape index (κ2) is 6.44. The van der Waals surface area contributed by atoms with E-state index in [1.807, 2.05) is 6.92 Å². The van der Waals surface area contributed by atoms with E-state index in [-0.39, 0.29) is 6.54 Å². The van der Waals surface area contributed by atoms with E-state index >= 15 is 0 Å². The molecule has 0 aromatic carbocycles. The molecule has 0 aromatic rings.